The molecule has 38 heavy (non-hydrogen) atoms. The van der Waals surface area contributed by atoms with Crippen molar-refractivity contribution in [2.24, 2.45) is 0 Å². The van der Waals surface area contributed by atoms with E-state index in [0.717, 1.165) is 70.6 Å². The second kappa shape index (κ2) is 30.5. The molecule has 0 aliphatic rings. The number of carboxylic acids is 1. The molecule has 0 heterocycles. The highest BCUT2D eigenvalue weighted by atomic mass is 16.5. The third-order valence-electron chi connectivity index (χ3n) is 7.31. The molecule has 0 amide bonds. The molecule has 4 heteroatoms. The molecule has 0 bridgehead atoms. The van der Waals surface area contributed by atoms with Crippen LogP contribution in [-0.4, -0.2) is 23.1 Å². The molecule has 1 N–H and O–H groups in total. The Morgan fingerprint density at radius 2 is 0.921 bits per heavy atom. The van der Waals surface area contributed by atoms with Crippen LogP contribution in [0.4, 0.5) is 0 Å². The summed E-state index contributed by atoms with van der Waals surface area (Å²) >= 11 is 0. The van der Waals surface area contributed by atoms with Crippen LogP contribution in [0, 0.1) is 0 Å². The molecule has 0 rings (SSSR count). The van der Waals surface area contributed by atoms with Gasteiger partial charge in [-0.1, -0.05) is 149 Å². The van der Waals surface area contributed by atoms with Crippen molar-refractivity contribution in [2.45, 2.75) is 206 Å². The van der Waals surface area contributed by atoms with E-state index in [1.165, 1.54) is 57.8 Å². The topological polar surface area (TPSA) is 63.6 Å². The predicted molar refractivity (Wildman–Crippen MR) is 163 cm³/mol. The van der Waals surface area contributed by atoms with E-state index < -0.39 is 18.7 Å². The van der Waals surface area contributed by atoms with Gasteiger partial charge in [-0.15, -0.1) is 0 Å². The fourth-order valence-electron chi connectivity index (χ4n) is 4.84. The summed E-state index contributed by atoms with van der Waals surface area (Å²) in [6.07, 6.45) is 20.5. The average molecular weight is 543 g/mol. The van der Waals surface area contributed by atoms with Crippen LogP contribution >= 0.6 is 0 Å². The fraction of sp³-hybridized carbons (Fsp3) is 0.941. The first-order valence-electron chi connectivity index (χ1n) is 18.5. The highest BCUT2D eigenvalue weighted by molar-refractivity contribution is 5.69. The minimum absolute atomic E-state index is 0.0597. The number of ether oxygens (including phenoxy) is 1. The van der Waals surface area contributed by atoms with Gasteiger partial charge in [0.1, 0.15) is 6.10 Å². The van der Waals surface area contributed by atoms with Crippen LogP contribution < -0.4 is 0 Å². The lowest BCUT2D eigenvalue weighted by Gasteiger charge is -2.18. The van der Waals surface area contributed by atoms with Gasteiger partial charge in [-0.2, -0.15) is 0 Å². The van der Waals surface area contributed by atoms with Crippen molar-refractivity contribution in [3.05, 3.63) is 0 Å². The SMILES string of the molecule is [2H]C([2H])(CCCCCCCC)C([2H])([2H])CCCCCC(=O)OC(CCCCCCCCC)CCCCCCCC(=O)O. The Morgan fingerprint density at radius 1 is 0.553 bits per heavy atom. The maximum Gasteiger partial charge on any atom is 0.306 e. The van der Waals surface area contributed by atoms with Crippen molar-refractivity contribution in [3.8, 4) is 0 Å². The Hall–Kier alpha value is -1.06. The summed E-state index contributed by atoms with van der Waals surface area (Å²) in [5.74, 6) is -0.911. The van der Waals surface area contributed by atoms with E-state index in [1.807, 2.05) is 0 Å². The van der Waals surface area contributed by atoms with Gasteiger partial charge in [-0.25, -0.2) is 0 Å². The van der Waals surface area contributed by atoms with Gasteiger partial charge in [0.15, 0.2) is 0 Å². The van der Waals surface area contributed by atoms with Crippen LogP contribution in [0.1, 0.15) is 205 Å². The molecule has 226 valence electrons. The van der Waals surface area contributed by atoms with Crippen molar-refractivity contribution in [3.63, 3.8) is 0 Å². The lowest BCUT2D eigenvalue weighted by Crippen LogP contribution is -2.18. The smallest absolute Gasteiger partial charge is 0.306 e. The van der Waals surface area contributed by atoms with Crippen LogP contribution in [0.3, 0.4) is 0 Å². The first-order chi connectivity index (χ1) is 20.1. The zero-order chi connectivity index (χ0) is 31.5. The maximum atomic E-state index is 12.6. The third-order valence-corrected chi connectivity index (χ3v) is 7.31. The van der Waals surface area contributed by atoms with E-state index in [-0.39, 0.29) is 31.3 Å². The van der Waals surface area contributed by atoms with E-state index in [2.05, 4.69) is 13.8 Å². The quantitative estimate of drug-likeness (QED) is 0.0698. The Morgan fingerprint density at radius 3 is 1.37 bits per heavy atom. The molecule has 0 saturated heterocycles. The van der Waals surface area contributed by atoms with Crippen molar-refractivity contribution in [1.82, 2.24) is 0 Å². The lowest BCUT2D eigenvalue weighted by atomic mass is 10.0. The minimum Gasteiger partial charge on any atom is -0.481 e. The van der Waals surface area contributed by atoms with Gasteiger partial charge in [-0.3, -0.25) is 9.59 Å². The second-order valence-electron chi connectivity index (χ2n) is 11.2. The highest BCUT2D eigenvalue weighted by Crippen LogP contribution is 2.19. The number of carbonyl (C=O) groups is 2. The fourth-order valence-corrected chi connectivity index (χ4v) is 4.84. The monoisotopic (exact) mass is 543 g/mol. The van der Waals surface area contributed by atoms with E-state index in [4.69, 9.17) is 15.3 Å². The van der Waals surface area contributed by atoms with E-state index in [0.29, 0.717) is 25.7 Å². The van der Waals surface area contributed by atoms with Gasteiger partial charge in [0.05, 0.1) is 0 Å². The molecule has 1 unspecified atom stereocenters. The Labute approximate surface area is 243 Å². The summed E-state index contributed by atoms with van der Waals surface area (Å²) in [6, 6.07) is 0. The molecule has 0 aromatic carbocycles. The maximum absolute atomic E-state index is 12.6. The molecule has 0 radical (unpaired) electrons. The predicted octanol–water partition coefficient (Wildman–Crippen LogP) is 11.3. The largest absolute Gasteiger partial charge is 0.481 e. The number of hydrogen-bond acceptors (Lipinski definition) is 3. The van der Waals surface area contributed by atoms with Crippen molar-refractivity contribution < 1.29 is 24.9 Å². The van der Waals surface area contributed by atoms with Gasteiger partial charge in [-0.05, 0) is 38.5 Å². The Bertz CT molecular complexity index is 657. The van der Waals surface area contributed by atoms with E-state index in [1.54, 1.807) is 0 Å². The molecule has 0 spiro atoms. The average Bonchev–Trinajstić information content (AvgIpc) is 2.93. The van der Waals surface area contributed by atoms with E-state index in [9.17, 15) is 9.59 Å². The summed E-state index contributed by atoms with van der Waals surface area (Å²) in [5, 5.41) is 8.77. The zero-order valence-electron chi connectivity index (χ0n) is 29.3. The number of carbonyl (C=O) groups excluding carboxylic acids is 1. The summed E-state index contributed by atoms with van der Waals surface area (Å²) in [4.78, 5) is 23.3. The molecule has 0 aromatic rings. The van der Waals surface area contributed by atoms with Crippen LogP contribution in [-0.2, 0) is 14.3 Å². The molecule has 0 aromatic heterocycles. The summed E-state index contributed by atoms with van der Waals surface area (Å²) in [7, 11) is 0. The molecular weight excluding hydrogens is 472 g/mol. The first-order valence-corrected chi connectivity index (χ1v) is 16.5. The lowest BCUT2D eigenvalue weighted by molar-refractivity contribution is -0.150. The zero-order valence-corrected chi connectivity index (χ0v) is 25.3. The van der Waals surface area contributed by atoms with Gasteiger partial charge in [0.2, 0.25) is 0 Å². The van der Waals surface area contributed by atoms with Gasteiger partial charge >= 0.3 is 11.9 Å². The number of carboxylic acid groups (broad SMARTS) is 1. The van der Waals surface area contributed by atoms with Crippen LogP contribution in [0.2, 0.25) is 0 Å². The number of unbranched alkanes of at least 4 members (excludes halogenated alkanes) is 17. The summed E-state index contributed by atoms with van der Waals surface area (Å²) < 4.78 is 39.1. The van der Waals surface area contributed by atoms with Crippen LogP contribution in [0.5, 0.6) is 0 Å². The normalized spacial score (nSPS) is 14.4. The van der Waals surface area contributed by atoms with Crippen LogP contribution in [0.25, 0.3) is 0 Å². The summed E-state index contributed by atoms with van der Waals surface area (Å²) in [6.45, 7) is 4.39. The van der Waals surface area contributed by atoms with Gasteiger partial charge < -0.3 is 9.84 Å². The molecule has 0 aliphatic carbocycles. The molecule has 1 atom stereocenters. The highest BCUT2D eigenvalue weighted by Gasteiger charge is 2.14. The molecule has 0 saturated carbocycles. The number of hydrogen-bond donors (Lipinski definition) is 1. The Balaban J connectivity index is 4.37. The molecule has 0 fully saturated rings. The van der Waals surface area contributed by atoms with Crippen molar-refractivity contribution in [2.75, 3.05) is 0 Å². The standard InChI is InChI=1S/C34H66O4/c1-3-5-7-9-11-12-13-14-15-16-18-23-27-31-34(37)38-32(28-24-20-17-10-8-6-4-2)29-25-21-19-22-26-30-33(35)36/h32H,3-31H2,1-2H3,(H,35,36)/i14D2,15D2. The third kappa shape index (κ3) is 29.5. The summed E-state index contributed by atoms with van der Waals surface area (Å²) in [5.41, 5.74) is 0. The second-order valence-corrected chi connectivity index (χ2v) is 11.2. The van der Waals surface area contributed by atoms with E-state index >= 15 is 0 Å². The van der Waals surface area contributed by atoms with Gasteiger partial charge in [0, 0.05) is 18.3 Å². The Kier molecular flexibility index (Phi) is 24.0. The number of rotatable bonds is 31. The molecule has 0 aliphatic heterocycles. The first kappa shape index (κ1) is 29.9. The minimum atomic E-state index is -1.85. The van der Waals surface area contributed by atoms with Crippen LogP contribution in [0.15, 0.2) is 0 Å². The molecular formula is C34H66O4. The van der Waals surface area contributed by atoms with Crippen molar-refractivity contribution in [1.29, 1.82) is 0 Å². The number of esters is 1. The van der Waals surface area contributed by atoms with Gasteiger partial charge in [0.25, 0.3) is 0 Å². The van der Waals surface area contributed by atoms with Crippen molar-refractivity contribution >= 4 is 11.9 Å². The number of aliphatic carboxylic acids is 1. The molecule has 4 nitrogen and oxygen atoms in total.